The topological polar surface area (TPSA) is 70.8 Å². The fourth-order valence-corrected chi connectivity index (χ4v) is 1.12. The predicted octanol–water partition coefficient (Wildman–Crippen LogP) is 1.10. The summed E-state index contributed by atoms with van der Waals surface area (Å²) in [6.07, 6.45) is 1.06. The lowest BCUT2D eigenvalue weighted by molar-refractivity contribution is -0.155. The van der Waals surface area contributed by atoms with Crippen LogP contribution in [0.1, 0.15) is 33.6 Å². The molecule has 0 fully saturated rings. The van der Waals surface area contributed by atoms with Crippen LogP contribution in [-0.2, 0) is 19.0 Å². The minimum absolute atomic E-state index is 0.180. The molecule has 5 heteroatoms. The molecule has 0 aromatic carbocycles. The Morgan fingerprint density at radius 2 is 1.65 bits per heavy atom. The van der Waals surface area contributed by atoms with Gasteiger partial charge in [-0.25, -0.2) is 0 Å². The molecular weight excluding hydrogens is 222 g/mol. The fraction of sp³-hybridized carbons (Fsp3) is 0.917. The number of carbonyl (C=O) groups is 1. The summed E-state index contributed by atoms with van der Waals surface area (Å²) in [5, 5.41) is 0. The molecule has 0 spiro atoms. The quantitative estimate of drug-likeness (QED) is 0.488. The average molecular weight is 247 g/mol. The Morgan fingerprint density at radius 1 is 1.06 bits per heavy atom. The maximum atomic E-state index is 11.3. The van der Waals surface area contributed by atoms with Crippen molar-refractivity contribution in [1.82, 2.24) is 0 Å². The monoisotopic (exact) mass is 247 g/mol. The Bertz CT molecular complexity index is 201. The van der Waals surface area contributed by atoms with E-state index in [9.17, 15) is 4.79 Å². The average Bonchev–Trinajstić information content (AvgIpc) is 2.19. The summed E-state index contributed by atoms with van der Waals surface area (Å²) >= 11 is 0. The number of ether oxygens (including phenoxy) is 3. The largest absolute Gasteiger partial charge is 0.460 e. The molecule has 2 N–H and O–H groups in total. The van der Waals surface area contributed by atoms with E-state index in [1.807, 2.05) is 20.8 Å². The van der Waals surface area contributed by atoms with Crippen molar-refractivity contribution >= 4 is 5.97 Å². The van der Waals surface area contributed by atoms with Crippen LogP contribution < -0.4 is 5.73 Å². The summed E-state index contributed by atoms with van der Waals surface area (Å²) in [4.78, 5) is 11.3. The number of esters is 1. The highest BCUT2D eigenvalue weighted by Gasteiger charge is 2.15. The molecule has 0 unspecified atom stereocenters. The van der Waals surface area contributed by atoms with Crippen LogP contribution >= 0.6 is 0 Å². The van der Waals surface area contributed by atoms with Crippen molar-refractivity contribution in [2.24, 2.45) is 5.73 Å². The highest BCUT2D eigenvalue weighted by atomic mass is 16.6. The summed E-state index contributed by atoms with van der Waals surface area (Å²) < 4.78 is 15.6. The molecule has 0 aliphatic heterocycles. The summed E-state index contributed by atoms with van der Waals surface area (Å²) in [5.74, 6) is -0.180. The Balaban J connectivity index is 3.25. The molecule has 0 aliphatic carbocycles. The van der Waals surface area contributed by atoms with Crippen LogP contribution in [0.25, 0.3) is 0 Å². The van der Waals surface area contributed by atoms with E-state index in [0.717, 1.165) is 0 Å². The van der Waals surface area contributed by atoms with Gasteiger partial charge in [0.25, 0.3) is 0 Å². The number of hydrogen-bond acceptors (Lipinski definition) is 5. The number of nitrogens with two attached hydrogens (primary N) is 1. The van der Waals surface area contributed by atoms with Gasteiger partial charge in [-0.05, 0) is 27.2 Å². The normalized spacial score (nSPS) is 11.5. The number of hydrogen-bond donors (Lipinski definition) is 1. The van der Waals surface area contributed by atoms with Crippen LogP contribution in [0.4, 0.5) is 0 Å². The van der Waals surface area contributed by atoms with E-state index < -0.39 is 5.60 Å². The molecule has 0 radical (unpaired) electrons. The van der Waals surface area contributed by atoms with E-state index in [1.165, 1.54) is 0 Å². The van der Waals surface area contributed by atoms with Gasteiger partial charge in [0, 0.05) is 19.6 Å². The van der Waals surface area contributed by atoms with Crippen molar-refractivity contribution in [3.63, 3.8) is 0 Å². The first-order valence-corrected chi connectivity index (χ1v) is 6.03. The van der Waals surface area contributed by atoms with Crippen molar-refractivity contribution < 1.29 is 19.0 Å². The smallest absolute Gasteiger partial charge is 0.306 e. The SMILES string of the molecule is CC(C)(C)OC(=O)CCCOCCOCCN. The third-order valence-corrected chi connectivity index (χ3v) is 1.72. The van der Waals surface area contributed by atoms with Crippen molar-refractivity contribution in [2.75, 3.05) is 33.0 Å². The van der Waals surface area contributed by atoms with Gasteiger partial charge in [-0.15, -0.1) is 0 Å². The van der Waals surface area contributed by atoms with E-state index in [0.29, 0.717) is 45.8 Å². The molecule has 0 saturated heterocycles. The van der Waals surface area contributed by atoms with Crippen LogP contribution in [0.5, 0.6) is 0 Å². The zero-order valence-electron chi connectivity index (χ0n) is 11.2. The molecular formula is C12H25NO4. The molecule has 0 atom stereocenters. The molecule has 0 heterocycles. The summed E-state index contributed by atoms with van der Waals surface area (Å²) in [6.45, 7) is 8.28. The van der Waals surface area contributed by atoms with Gasteiger partial charge < -0.3 is 19.9 Å². The molecule has 102 valence electrons. The summed E-state index contributed by atoms with van der Waals surface area (Å²) in [6, 6.07) is 0. The Morgan fingerprint density at radius 3 is 2.18 bits per heavy atom. The van der Waals surface area contributed by atoms with Gasteiger partial charge in [-0.2, -0.15) is 0 Å². The van der Waals surface area contributed by atoms with Crippen LogP contribution in [0.3, 0.4) is 0 Å². The lowest BCUT2D eigenvalue weighted by atomic mass is 10.2. The van der Waals surface area contributed by atoms with Gasteiger partial charge in [-0.1, -0.05) is 0 Å². The van der Waals surface area contributed by atoms with Crippen LogP contribution in [-0.4, -0.2) is 44.5 Å². The molecule has 5 nitrogen and oxygen atoms in total. The highest BCUT2D eigenvalue weighted by molar-refractivity contribution is 5.69. The third-order valence-electron chi connectivity index (χ3n) is 1.72. The third kappa shape index (κ3) is 13.3. The van der Waals surface area contributed by atoms with E-state index in [-0.39, 0.29) is 5.97 Å². The maximum absolute atomic E-state index is 11.3. The molecule has 0 saturated carbocycles. The lowest BCUT2D eigenvalue weighted by Crippen LogP contribution is -2.23. The molecule has 0 rings (SSSR count). The molecule has 0 amide bonds. The summed E-state index contributed by atoms with van der Waals surface area (Å²) in [5.41, 5.74) is 4.85. The molecule has 0 aliphatic rings. The first-order chi connectivity index (χ1) is 7.95. The van der Waals surface area contributed by atoms with Gasteiger partial charge in [0.2, 0.25) is 0 Å². The first kappa shape index (κ1) is 16.4. The first-order valence-electron chi connectivity index (χ1n) is 6.03. The fourth-order valence-electron chi connectivity index (χ4n) is 1.12. The second kappa shape index (κ2) is 9.39. The Hall–Kier alpha value is -0.650. The van der Waals surface area contributed by atoms with Gasteiger partial charge >= 0.3 is 5.97 Å². The zero-order valence-corrected chi connectivity index (χ0v) is 11.2. The second-order valence-corrected chi connectivity index (χ2v) is 4.70. The number of rotatable bonds is 9. The summed E-state index contributed by atoms with van der Waals surface area (Å²) in [7, 11) is 0. The standard InChI is InChI=1S/C12H25NO4/c1-12(2,3)17-11(14)5-4-7-15-9-10-16-8-6-13/h4-10,13H2,1-3H3. The van der Waals surface area contributed by atoms with Gasteiger partial charge in [0.1, 0.15) is 5.60 Å². The molecule has 0 aromatic heterocycles. The van der Waals surface area contributed by atoms with Crippen LogP contribution in [0.2, 0.25) is 0 Å². The van der Waals surface area contributed by atoms with E-state index in [2.05, 4.69) is 0 Å². The van der Waals surface area contributed by atoms with Crippen molar-refractivity contribution in [1.29, 1.82) is 0 Å². The lowest BCUT2D eigenvalue weighted by Gasteiger charge is -2.19. The van der Waals surface area contributed by atoms with Gasteiger partial charge in [-0.3, -0.25) is 4.79 Å². The maximum Gasteiger partial charge on any atom is 0.306 e. The zero-order chi connectivity index (χ0) is 13.1. The Labute approximate surface area is 104 Å². The van der Waals surface area contributed by atoms with E-state index in [1.54, 1.807) is 0 Å². The Kier molecular flexibility index (Phi) is 9.03. The van der Waals surface area contributed by atoms with Gasteiger partial charge in [0.05, 0.1) is 19.8 Å². The number of carbonyl (C=O) groups excluding carboxylic acids is 1. The van der Waals surface area contributed by atoms with Gasteiger partial charge in [0.15, 0.2) is 0 Å². The molecule has 0 aromatic rings. The molecule has 17 heavy (non-hydrogen) atoms. The van der Waals surface area contributed by atoms with Crippen molar-refractivity contribution in [3.05, 3.63) is 0 Å². The van der Waals surface area contributed by atoms with Crippen molar-refractivity contribution in [3.8, 4) is 0 Å². The predicted molar refractivity (Wildman–Crippen MR) is 65.8 cm³/mol. The van der Waals surface area contributed by atoms with E-state index >= 15 is 0 Å². The minimum Gasteiger partial charge on any atom is -0.460 e. The van der Waals surface area contributed by atoms with Crippen LogP contribution in [0, 0.1) is 0 Å². The van der Waals surface area contributed by atoms with Crippen molar-refractivity contribution in [2.45, 2.75) is 39.2 Å². The molecule has 0 bridgehead atoms. The highest BCUT2D eigenvalue weighted by Crippen LogP contribution is 2.08. The minimum atomic E-state index is -0.409. The van der Waals surface area contributed by atoms with E-state index in [4.69, 9.17) is 19.9 Å². The second-order valence-electron chi connectivity index (χ2n) is 4.70. The van der Waals surface area contributed by atoms with Crippen LogP contribution in [0.15, 0.2) is 0 Å².